The normalized spacial score (nSPS) is 12.2. The zero-order valence-electron chi connectivity index (χ0n) is 13.4. The van der Waals surface area contributed by atoms with E-state index < -0.39 is 17.4 Å². The Morgan fingerprint density at radius 2 is 1.96 bits per heavy atom. The first-order chi connectivity index (χ1) is 12.3. The van der Waals surface area contributed by atoms with Crippen LogP contribution < -0.4 is 5.69 Å². The first-order valence-electron chi connectivity index (χ1n) is 7.63. The Balaban J connectivity index is 2.15. The van der Waals surface area contributed by atoms with Crippen molar-refractivity contribution in [1.29, 1.82) is 0 Å². The molecule has 1 N–H and O–H groups in total. The van der Waals surface area contributed by atoms with Crippen LogP contribution in [-0.4, -0.2) is 14.5 Å². The SMILES string of the molecule is Cc1c(-n2c(=O)[nH]c3cnc4ccc(Br)cc4c32)cccc1C(F)(F)F. The quantitative estimate of drug-likeness (QED) is 0.472. The highest BCUT2D eigenvalue weighted by atomic mass is 79.9. The maximum Gasteiger partial charge on any atom is 0.416 e. The van der Waals surface area contributed by atoms with E-state index in [2.05, 4.69) is 25.9 Å². The third-order valence-corrected chi connectivity index (χ3v) is 4.81. The number of imidazole rings is 1. The molecule has 4 rings (SSSR count). The van der Waals surface area contributed by atoms with Crippen molar-refractivity contribution in [2.75, 3.05) is 0 Å². The van der Waals surface area contributed by atoms with Gasteiger partial charge in [0.25, 0.3) is 0 Å². The van der Waals surface area contributed by atoms with Gasteiger partial charge in [-0.25, -0.2) is 4.79 Å². The number of alkyl halides is 3. The van der Waals surface area contributed by atoms with E-state index in [1.54, 1.807) is 12.1 Å². The van der Waals surface area contributed by atoms with Crippen LogP contribution in [0.5, 0.6) is 0 Å². The number of hydrogen-bond donors (Lipinski definition) is 1. The molecule has 0 aliphatic rings. The highest BCUT2D eigenvalue weighted by Gasteiger charge is 2.33. The van der Waals surface area contributed by atoms with Gasteiger partial charge in [-0.15, -0.1) is 0 Å². The maximum absolute atomic E-state index is 13.3. The molecule has 0 aliphatic heterocycles. The molecule has 0 saturated carbocycles. The van der Waals surface area contributed by atoms with Crippen LogP contribution in [0.25, 0.3) is 27.6 Å². The number of benzene rings is 2. The molecule has 0 aliphatic carbocycles. The zero-order chi connectivity index (χ0) is 18.6. The number of pyridine rings is 1. The van der Waals surface area contributed by atoms with Gasteiger partial charge in [0, 0.05) is 9.86 Å². The summed E-state index contributed by atoms with van der Waals surface area (Å²) in [5, 5.41) is 0.659. The summed E-state index contributed by atoms with van der Waals surface area (Å²) in [6.45, 7) is 1.36. The minimum atomic E-state index is -4.50. The molecule has 0 unspecified atom stereocenters. The zero-order valence-corrected chi connectivity index (χ0v) is 14.9. The predicted octanol–water partition coefficient (Wildman–Crippen LogP) is 4.96. The predicted molar refractivity (Wildman–Crippen MR) is 96.6 cm³/mol. The fraction of sp³-hybridized carbons (Fsp3) is 0.111. The van der Waals surface area contributed by atoms with Crippen LogP contribution in [-0.2, 0) is 6.18 Å². The fourth-order valence-electron chi connectivity index (χ4n) is 3.16. The summed E-state index contributed by atoms with van der Waals surface area (Å²) in [4.78, 5) is 19.5. The first-order valence-corrected chi connectivity index (χ1v) is 8.43. The number of fused-ring (bicyclic) bond motifs is 3. The Kier molecular flexibility index (Phi) is 3.69. The number of nitrogens with one attached hydrogen (secondary N) is 1. The van der Waals surface area contributed by atoms with Crippen molar-refractivity contribution in [3.63, 3.8) is 0 Å². The van der Waals surface area contributed by atoms with Crippen LogP contribution >= 0.6 is 15.9 Å². The summed E-state index contributed by atoms with van der Waals surface area (Å²) in [5.41, 5.74) is 0.471. The molecule has 0 radical (unpaired) electrons. The molecule has 0 amide bonds. The molecule has 2 aromatic carbocycles. The van der Waals surface area contributed by atoms with E-state index in [0.717, 1.165) is 10.5 Å². The van der Waals surface area contributed by atoms with Crippen LogP contribution in [0.4, 0.5) is 13.2 Å². The van der Waals surface area contributed by atoms with Gasteiger partial charge in [-0.1, -0.05) is 22.0 Å². The van der Waals surface area contributed by atoms with E-state index in [1.165, 1.54) is 29.8 Å². The smallest absolute Gasteiger partial charge is 0.304 e. The Morgan fingerprint density at radius 1 is 1.19 bits per heavy atom. The molecule has 132 valence electrons. The van der Waals surface area contributed by atoms with E-state index in [-0.39, 0.29) is 11.3 Å². The van der Waals surface area contributed by atoms with Gasteiger partial charge in [0.15, 0.2) is 0 Å². The summed E-state index contributed by atoms with van der Waals surface area (Å²) in [7, 11) is 0. The van der Waals surface area contributed by atoms with Crippen molar-refractivity contribution < 1.29 is 13.2 Å². The third-order valence-electron chi connectivity index (χ3n) is 4.32. The summed E-state index contributed by atoms with van der Waals surface area (Å²) in [6.07, 6.45) is -2.99. The molecule has 2 aromatic heterocycles. The Labute approximate surface area is 153 Å². The van der Waals surface area contributed by atoms with Crippen LogP contribution in [0.2, 0.25) is 0 Å². The molecule has 0 fully saturated rings. The number of halogens is 4. The summed E-state index contributed by atoms with van der Waals surface area (Å²) in [6, 6.07) is 9.19. The minimum absolute atomic E-state index is 0.0111. The van der Waals surface area contributed by atoms with Crippen molar-refractivity contribution in [2.45, 2.75) is 13.1 Å². The van der Waals surface area contributed by atoms with Crippen molar-refractivity contribution in [2.24, 2.45) is 0 Å². The van der Waals surface area contributed by atoms with Crippen molar-refractivity contribution in [1.82, 2.24) is 14.5 Å². The molecule has 0 spiro atoms. The Bertz CT molecular complexity index is 1220. The van der Waals surface area contributed by atoms with Gasteiger partial charge in [0.1, 0.15) is 0 Å². The van der Waals surface area contributed by atoms with Crippen molar-refractivity contribution >= 4 is 37.9 Å². The highest BCUT2D eigenvalue weighted by molar-refractivity contribution is 9.10. The van der Waals surface area contributed by atoms with Gasteiger partial charge in [-0.3, -0.25) is 9.55 Å². The standard InChI is InChI=1S/C18H11BrF3N3O/c1-9-12(18(20,21)22)3-2-4-15(9)25-16-11-7-10(19)5-6-13(11)23-8-14(16)24-17(25)26/h2-8H,1H3,(H,24,26). The molecule has 4 nitrogen and oxygen atoms in total. The van der Waals surface area contributed by atoms with Gasteiger partial charge in [-0.05, 0) is 42.8 Å². The fourth-order valence-corrected chi connectivity index (χ4v) is 3.52. The maximum atomic E-state index is 13.3. The lowest BCUT2D eigenvalue weighted by Gasteiger charge is -2.15. The van der Waals surface area contributed by atoms with Gasteiger partial charge in [0.2, 0.25) is 0 Å². The second-order valence-corrected chi connectivity index (χ2v) is 6.81. The van der Waals surface area contributed by atoms with Crippen LogP contribution in [0.15, 0.2) is 51.9 Å². The first kappa shape index (κ1) is 16.8. The van der Waals surface area contributed by atoms with Gasteiger partial charge < -0.3 is 4.98 Å². The van der Waals surface area contributed by atoms with E-state index in [0.29, 0.717) is 21.9 Å². The largest absolute Gasteiger partial charge is 0.416 e. The molecule has 26 heavy (non-hydrogen) atoms. The molecule has 8 heteroatoms. The third kappa shape index (κ3) is 2.52. The second-order valence-electron chi connectivity index (χ2n) is 5.89. The molecular formula is C18H11BrF3N3O. The number of aromatic nitrogens is 3. The van der Waals surface area contributed by atoms with Gasteiger partial charge in [0.05, 0.1) is 34.0 Å². The molecule has 0 saturated heterocycles. The topological polar surface area (TPSA) is 50.7 Å². The number of aromatic amines is 1. The molecule has 0 atom stereocenters. The number of hydrogen-bond acceptors (Lipinski definition) is 2. The minimum Gasteiger partial charge on any atom is -0.304 e. The average molecular weight is 422 g/mol. The molecular weight excluding hydrogens is 411 g/mol. The van der Waals surface area contributed by atoms with Crippen LogP contribution in [0.1, 0.15) is 11.1 Å². The lowest BCUT2D eigenvalue weighted by molar-refractivity contribution is -0.138. The van der Waals surface area contributed by atoms with E-state index in [4.69, 9.17) is 0 Å². The van der Waals surface area contributed by atoms with Crippen molar-refractivity contribution in [3.8, 4) is 5.69 Å². The second kappa shape index (κ2) is 5.70. The lowest BCUT2D eigenvalue weighted by Crippen LogP contribution is -2.18. The average Bonchev–Trinajstić information content (AvgIpc) is 2.90. The van der Waals surface area contributed by atoms with Gasteiger partial charge >= 0.3 is 11.9 Å². The van der Waals surface area contributed by atoms with Gasteiger partial charge in [-0.2, -0.15) is 13.2 Å². The highest BCUT2D eigenvalue weighted by Crippen LogP contribution is 2.35. The Morgan fingerprint density at radius 3 is 2.69 bits per heavy atom. The number of rotatable bonds is 1. The van der Waals surface area contributed by atoms with E-state index in [1.807, 2.05) is 6.07 Å². The van der Waals surface area contributed by atoms with E-state index in [9.17, 15) is 18.0 Å². The van der Waals surface area contributed by atoms with Crippen molar-refractivity contribution in [3.05, 3.63) is 68.7 Å². The number of nitrogens with zero attached hydrogens (tertiary/aromatic N) is 2. The Hall–Kier alpha value is -2.61. The van der Waals surface area contributed by atoms with Crippen LogP contribution in [0.3, 0.4) is 0 Å². The van der Waals surface area contributed by atoms with E-state index >= 15 is 0 Å². The number of H-pyrrole nitrogens is 1. The summed E-state index contributed by atoms with van der Waals surface area (Å²) in [5.74, 6) is 0. The summed E-state index contributed by atoms with van der Waals surface area (Å²) >= 11 is 3.38. The monoisotopic (exact) mass is 421 g/mol. The molecule has 4 aromatic rings. The lowest BCUT2D eigenvalue weighted by atomic mass is 10.1. The van der Waals surface area contributed by atoms with Crippen LogP contribution in [0, 0.1) is 6.92 Å². The molecule has 0 bridgehead atoms. The molecule has 2 heterocycles. The summed E-state index contributed by atoms with van der Waals surface area (Å²) < 4.78 is 41.9.